The van der Waals surface area contributed by atoms with Crippen LogP contribution < -0.4 is 5.32 Å². The van der Waals surface area contributed by atoms with Gasteiger partial charge in [0, 0.05) is 18.7 Å². The lowest BCUT2D eigenvalue weighted by atomic mass is 10.0. The van der Waals surface area contributed by atoms with E-state index in [1.54, 1.807) is 0 Å². The molecule has 1 aliphatic heterocycles. The summed E-state index contributed by atoms with van der Waals surface area (Å²) < 4.78 is 5.13. The number of carbonyl (C=O) groups excluding carboxylic acids is 1. The molecule has 0 atom stereocenters. The number of rotatable bonds is 6. The van der Waals surface area contributed by atoms with Gasteiger partial charge in [0.2, 0.25) is 5.91 Å². The Labute approximate surface area is 149 Å². The molecule has 1 aromatic heterocycles. The van der Waals surface area contributed by atoms with Gasteiger partial charge in [-0.05, 0) is 50.9 Å². The fourth-order valence-corrected chi connectivity index (χ4v) is 3.41. The summed E-state index contributed by atoms with van der Waals surface area (Å²) in [7, 11) is 0. The summed E-state index contributed by atoms with van der Waals surface area (Å²) in [5.41, 5.74) is 4.18. The van der Waals surface area contributed by atoms with Crippen LogP contribution in [0, 0.1) is 13.8 Å². The second-order valence-electron chi connectivity index (χ2n) is 6.86. The number of hydrogen-bond donors (Lipinski definition) is 1. The zero-order chi connectivity index (χ0) is 17.6. The van der Waals surface area contributed by atoms with Crippen molar-refractivity contribution in [2.75, 3.05) is 13.1 Å². The average molecular weight is 341 g/mol. The molecule has 1 aromatic carbocycles. The summed E-state index contributed by atoms with van der Waals surface area (Å²) in [6.45, 7) is 7.59. The maximum Gasteiger partial charge on any atom is 0.224 e. The number of aryl methyl sites for hydroxylation is 2. The van der Waals surface area contributed by atoms with E-state index in [2.05, 4.69) is 33.6 Å². The highest BCUT2D eigenvalue weighted by molar-refractivity contribution is 5.79. The molecule has 25 heavy (non-hydrogen) atoms. The fourth-order valence-electron chi connectivity index (χ4n) is 3.41. The van der Waals surface area contributed by atoms with Gasteiger partial charge in [0.05, 0.1) is 12.1 Å². The van der Waals surface area contributed by atoms with Gasteiger partial charge in [-0.1, -0.05) is 35.8 Å². The van der Waals surface area contributed by atoms with Gasteiger partial charge in [0.1, 0.15) is 5.76 Å². The molecule has 2 aromatic rings. The van der Waals surface area contributed by atoms with Gasteiger partial charge in [-0.15, -0.1) is 0 Å². The molecule has 5 heteroatoms. The van der Waals surface area contributed by atoms with Crippen molar-refractivity contribution in [3.8, 4) is 0 Å². The lowest BCUT2D eigenvalue weighted by Gasteiger charge is -2.27. The first kappa shape index (κ1) is 17.7. The lowest BCUT2D eigenvalue weighted by molar-refractivity contribution is -0.120. The Hall–Kier alpha value is -2.14. The number of piperidine rings is 1. The third kappa shape index (κ3) is 4.69. The topological polar surface area (TPSA) is 58.4 Å². The molecule has 0 bridgehead atoms. The SMILES string of the molecule is Cc1noc(C)c1CC(=O)NCc1ccccc1CN1CCCCC1. The Morgan fingerprint density at radius 1 is 1.16 bits per heavy atom. The van der Waals surface area contributed by atoms with E-state index < -0.39 is 0 Å². The molecule has 0 spiro atoms. The number of nitrogens with zero attached hydrogens (tertiary/aromatic N) is 2. The van der Waals surface area contributed by atoms with Crippen LogP contribution in [0.2, 0.25) is 0 Å². The second-order valence-corrected chi connectivity index (χ2v) is 6.86. The Bertz CT molecular complexity index is 698. The molecule has 1 aliphatic rings. The van der Waals surface area contributed by atoms with Crippen molar-refractivity contribution in [1.82, 2.24) is 15.4 Å². The number of hydrogen-bond acceptors (Lipinski definition) is 4. The predicted octanol–water partition coefficient (Wildman–Crippen LogP) is 3.14. The van der Waals surface area contributed by atoms with Crippen molar-refractivity contribution in [1.29, 1.82) is 0 Å². The van der Waals surface area contributed by atoms with E-state index >= 15 is 0 Å². The van der Waals surface area contributed by atoms with Crippen LogP contribution in [0.25, 0.3) is 0 Å². The minimum atomic E-state index is 0.00201. The van der Waals surface area contributed by atoms with Crippen LogP contribution in [0.1, 0.15) is 47.4 Å². The molecule has 1 amide bonds. The molecule has 0 radical (unpaired) electrons. The van der Waals surface area contributed by atoms with E-state index in [4.69, 9.17) is 4.52 Å². The predicted molar refractivity (Wildman–Crippen MR) is 97.1 cm³/mol. The van der Waals surface area contributed by atoms with Gasteiger partial charge < -0.3 is 9.84 Å². The molecule has 2 heterocycles. The summed E-state index contributed by atoms with van der Waals surface area (Å²) in [6.07, 6.45) is 4.23. The number of amides is 1. The van der Waals surface area contributed by atoms with E-state index in [1.807, 2.05) is 19.9 Å². The highest BCUT2D eigenvalue weighted by atomic mass is 16.5. The normalized spacial score (nSPS) is 15.3. The van der Waals surface area contributed by atoms with Crippen LogP contribution in [-0.4, -0.2) is 29.1 Å². The smallest absolute Gasteiger partial charge is 0.224 e. The van der Waals surface area contributed by atoms with Crippen molar-refractivity contribution in [2.24, 2.45) is 0 Å². The summed E-state index contributed by atoms with van der Waals surface area (Å²) in [5.74, 6) is 0.723. The largest absolute Gasteiger partial charge is 0.361 e. The number of aromatic nitrogens is 1. The highest BCUT2D eigenvalue weighted by Crippen LogP contribution is 2.17. The molecule has 0 unspecified atom stereocenters. The van der Waals surface area contributed by atoms with Gasteiger partial charge in [-0.3, -0.25) is 9.69 Å². The second kappa shape index (κ2) is 8.30. The van der Waals surface area contributed by atoms with Crippen molar-refractivity contribution in [3.63, 3.8) is 0 Å². The van der Waals surface area contributed by atoms with Gasteiger partial charge in [-0.2, -0.15) is 0 Å². The zero-order valence-corrected chi connectivity index (χ0v) is 15.2. The monoisotopic (exact) mass is 341 g/mol. The van der Waals surface area contributed by atoms with Gasteiger partial charge in [-0.25, -0.2) is 0 Å². The molecular formula is C20H27N3O2. The van der Waals surface area contributed by atoms with Crippen LogP contribution >= 0.6 is 0 Å². The maximum atomic E-state index is 12.3. The van der Waals surface area contributed by atoms with Crippen molar-refractivity contribution in [2.45, 2.75) is 52.6 Å². The first-order chi connectivity index (χ1) is 12.1. The standard InChI is InChI=1S/C20H27N3O2/c1-15-19(16(2)25-22-15)12-20(24)21-13-17-8-4-5-9-18(17)14-23-10-6-3-7-11-23/h4-5,8-9H,3,6-7,10-14H2,1-2H3,(H,21,24). The zero-order valence-electron chi connectivity index (χ0n) is 15.2. The first-order valence-electron chi connectivity index (χ1n) is 9.11. The molecule has 5 nitrogen and oxygen atoms in total. The molecule has 0 saturated carbocycles. The van der Waals surface area contributed by atoms with E-state index in [0.717, 1.165) is 23.6 Å². The van der Waals surface area contributed by atoms with Gasteiger partial charge >= 0.3 is 0 Å². The third-order valence-corrected chi connectivity index (χ3v) is 4.96. The minimum Gasteiger partial charge on any atom is -0.361 e. The molecule has 1 N–H and O–H groups in total. The summed E-state index contributed by atoms with van der Waals surface area (Å²) in [6, 6.07) is 8.39. The highest BCUT2D eigenvalue weighted by Gasteiger charge is 2.15. The molecule has 3 rings (SSSR count). The fraction of sp³-hybridized carbons (Fsp3) is 0.500. The number of benzene rings is 1. The number of likely N-dealkylation sites (tertiary alicyclic amines) is 1. The Morgan fingerprint density at radius 3 is 2.56 bits per heavy atom. The van der Waals surface area contributed by atoms with Gasteiger partial charge in [0.15, 0.2) is 0 Å². The maximum absolute atomic E-state index is 12.3. The van der Waals surface area contributed by atoms with Crippen molar-refractivity contribution in [3.05, 3.63) is 52.4 Å². The van der Waals surface area contributed by atoms with Crippen LogP contribution in [0.5, 0.6) is 0 Å². The van der Waals surface area contributed by atoms with E-state index in [-0.39, 0.29) is 5.91 Å². The average Bonchev–Trinajstić information content (AvgIpc) is 2.94. The van der Waals surface area contributed by atoms with Crippen LogP contribution in [0.4, 0.5) is 0 Å². The van der Waals surface area contributed by atoms with Gasteiger partial charge in [0.25, 0.3) is 0 Å². The quantitative estimate of drug-likeness (QED) is 0.877. The minimum absolute atomic E-state index is 0.00201. The van der Waals surface area contributed by atoms with Crippen LogP contribution in [0.3, 0.4) is 0 Å². The van der Waals surface area contributed by atoms with E-state index in [1.165, 1.54) is 43.5 Å². The van der Waals surface area contributed by atoms with Crippen molar-refractivity contribution >= 4 is 5.91 Å². The van der Waals surface area contributed by atoms with Crippen LogP contribution in [-0.2, 0) is 24.3 Å². The Balaban J connectivity index is 1.58. The van der Waals surface area contributed by atoms with E-state index in [9.17, 15) is 4.79 Å². The summed E-state index contributed by atoms with van der Waals surface area (Å²) >= 11 is 0. The number of carbonyl (C=O) groups is 1. The van der Waals surface area contributed by atoms with Crippen LogP contribution in [0.15, 0.2) is 28.8 Å². The molecule has 0 aliphatic carbocycles. The molecule has 134 valence electrons. The summed E-state index contributed by atoms with van der Waals surface area (Å²) in [5, 5.41) is 6.95. The van der Waals surface area contributed by atoms with Crippen molar-refractivity contribution < 1.29 is 9.32 Å². The Morgan fingerprint density at radius 2 is 1.88 bits per heavy atom. The lowest BCUT2D eigenvalue weighted by Crippen LogP contribution is -2.30. The molecule has 1 fully saturated rings. The molecule has 1 saturated heterocycles. The number of nitrogens with one attached hydrogen (secondary N) is 1. The molecular weight excluding hydrogens is 314 g/mol. The summed E-state index contributed by atoms with van der Waals surface area (Å²) in [4.78, 5) is 14.8. The third-order valence-electron chi connectivity index (χ3n) is 4.96. The first-order valence-corrected chi connectivity index (χ1v) is 9.11. The van der Waals surface area contributed by atoms with E-state index in [0.29, 0.717) is 13.0 Å². The Kier molecular flexibility index (Phi) is 5.87.